The SMILES string of the molecule is CC(C)[Si](C#Cc1ccc(B(O)O)cc1)(C(C)C)C(C)C.OB(O)c1ccc(I)cc1. The van der Waals surface area contributed by atoms with Crippen LogP contribution < -0.4 is 10.9 Å². The molecule has 0 aliphatic rings. The number of hydrogen-bond acceptors (Lipinski definition) is 4. The van der Waals surface area contributed by atoms with E-state index in [1.807, 2.05) is 24.3 Å². The van der Waals surface area contributed by atoms with Gasteiger partial charge in [0.2, 0.25) is 0 Å². The van der Waals surface area contributed by atoms with Crippen molar-refractivity contribution in [3.05, 3.63) is 57.7 Å². The molecule has 0 spiro atoms. The summed E-state index contributed by atoms with van der Waals surface area (Å²) in [7, 11) is -4.47. The van der Waals surface area contributed by atoms with E-state index < -0.39 is 22.3 Å². The summed E-state index contributed by atoms with van der Waals surface area (Å²) < 4.78 is 1.09. The fourth-order valence-electron chi connectivity index (χ4n) is 3.99. The van der Waals surface area contributed by atoms with Gasteiger partial charge in [-0.15, -0.1) is 5.54 Å². The van der Waals surface area contributed by atoms with E-state index in [0.717, 1.165) is 9.13 Å². The minimum absolute atomic E-state index is 0.501. The van der Waals surface area contributed by atoms with E-state index >= 15 is 0 Å². The molecule has 0 unspecified atom stereocenters. The molecular weight excluding hydrogens is 517 g/mol. The Labute approximate surface area is 202 Å². The van der Waals surface area contributed by atoms with Crippen LogP contribution in [0.25, 0.3) is 0 Å². The van der Waals surface area contributed by atoms with Crippen molar-refractivity contribution < 1.29 is 20.1 Å². The summed E-state index contributed by atoms with van der Waals surface area (Å²) in [5.41, 5.74) is 7.48. The first kappa shape index (κ1) is 28.0. The molecule has 0 saturated heterocycles. The van der Waals surface area contributed by atoms with E-state index in [-0.39, 0.29) is 0 Å². The summed E-state index contributed by atoms with van der Waals surface area (Å²) in [6.07, 6.45) is 0. The van der Waals surface area contributed by atoms with Crippen LogP contribution in [-0.4, -0.2) is 42.4 Å². The van der Waals surface area contributed by atoms with Gasteiger partial charge in [0.05, 0.1) is 0 Å². The van der Waals surface area contributed by atoms with Gasteiger partial charge in [0, 0.05) is 9.13 Å². The molecule has 2 aromatic rings. The summed E-state index contributed by atoms with van der Waals surface area (Å²) in [5.74, 6) is 3.34. The van der Waals surface area contributed by atoms with Gasteiger partial charge in [-0.2, -0.15) is 0 Å². The third kappa shape index (κ3) is 8.08. The second kappa shape index (κ2) is 12.8. The van der Waals surface area contributed by atoms with Gasteiger partial charge in [-0.05, 0) is 74.4 Å². The van der Waals surface area contributed by atoms with Gasteiger partial charge in [0.1, 0.15) is 8.07 Å². The van der Waals surface area contributed by atoms with Crippen LogP contribution in [-0.2, 0) is 0 Å². The fraction of sp³-hybridized carbons (Fsp3) is 0.391. The smallest absolute Gasteiger partial charge is 0.423 e. The van der Waals surface area contributed by atoms with Crippen LogP contribution in [0.5, 0.6) is 0 Å². The highest BCUT2D eigenvalue weighted by molar-refractivity contribution is 14.1. The number of rotatable bonds is 5. The first-order valence-electron chi connectivity index (χ1n) is 10.5. The zero-order valence-electron chi connectivity index (χ0n) is 19.2. The average Bonchev–Trinajstić information content (AvgIpc) is 2.68. The zero-order valence-corrected chi connectivity index (χ0v) is 22.3. The Hall–Kier alpha value is -1.08. The summed E-state index contributed by atoms with van der Waals surface area (Å²) >= 11 is 2.16. The lowest BCUT2D eigenvalue weighted by atomic mass is 9.80. The Bertz CT molecular complexity index is 836. The monoisotopic (exact) mass is 550 g/mol. The van der Waals surface area contributed by atoms with Crippen LogP contribution in [0.3, 0.4) is 0 Å². The van der Waals surface area contributed by atoms with E-state index in [1.165, 1.54) is 0 Å². The van der Waals surface area contributed by atoms with E-state index in [0.29, 0.717) is 27.5 Å². The molecule has 2 aromatic carbocycles. The van der Waals surface area contributed by atoms with Crippen molar-refractivity contribution in [3.63, 3.8) is 0 Å². The number of hydrogen-bond donors (Lipinski definition) is 4. The lowest BCUT2D eigenvalue weighted by Gasteiger charge is -2.38. The molecule has 0 aliphatic heterocycles. The maximum Gasteiger partial charge on any atom is 0.488 e. The lowest BCUT2D eigenvalue weighted by molar-refractivity contribution is 0.424. The van der Waals surface area contributed by atoms with Crippen LogP contribution >= 0.6 is 22.6 Å². The summed E-state index contributed by atoms with van der Waals surface area (Å²) in [6, 6.07) is 14.2. The van der Waals surface area contributed by atoms with Crippen LogP contribution in [0.1, 0.15) is 47.1 Å². The fourth-order valence-corrected chi connectivity index (χ4v) is 9.57. The predicted octanol–water partition coefficient (Wildman–Crippen LogP) is 2.91. The molecule has 4 nitrogen and oxygen atoms in total. The number of halogens is 1. The van der Waals surface area contributed by atoms with Gasteiger partial charge >= 0.3 is 14.2 Å². The molecule has 0 amide bonds. The standard InChI is InChI=1S/C17H27BO2Si.C6H6BIO2/c1-13(2)21(14(3)4,15(5)6)12-11-16-7-9-17(10-8-16)18(19)20;8-6-3-1-5(2-4-6)7(9)10/h7-10,13-15,19-20H,1-6H3;1-4,9-10H. The van der Waals surface area contributed by atoms with Crippen molar-refractivity contribution in [2.75, 3.05) is 0 Å². The highest BCUT2D eigenvalue weighted by Gasteiger charge is 2.41. The van der Waals surface area contributed by atoms with Gasteiger partial charge in [0.25, 0.3) is 0 Å². The Morgan fingerprint density at radius 2 is 1.03 bits per heavy atom. The minimum Gasteiger partial charge on any atom is -0.423 e. The molecule has 0 bridgehead atoms. The van der Waals surface area contributed by atoms with Gasteiger partial charge in [-0.1, -0.05) is 71.7 Å². The van der Waals surface area contributed by atoms with Crippen LogP contribution in [0.4, 0.5) is 0 Å². The molecular formula is C23H33B2IO4Si. The third-order valence-electron chi connectivity index (χ3n) is 5.67. The molecule has 0 aliphatic carbocycles. The Morgan fingerprint density at radius 1 is 0.677 bits per heavy atom. The largest absolute Gasteiger partial charge is 0.488 e. The average molecular weight is 550 g/mol. The van der Waals surface area contributed by atoms with E-state index in [2.05, 4.69) is 75.6 Å². The van der Waals surface area contributed by atoms with Gasteiger partial charge in [-0.25, -0.2) is 0 Å². The van der Waals surface area contributed by atoms with Crippen LogP contribution in [0.15, 0.2) is 48.5 Å². The molecule has 2 rings (SSSR count). The summed E-state index contributed by atoms with van der Waals surface area (Å²) in [5, 5.41) is 35.6. The van der Waals surface area contributed by atoms with Gasteiger partial charge < -0.3 is 20.1 Å². The molecule has 0 atom stereocenters. The van der Waals surface area contributed by atoms with Crippen molar-refractivity contribution in [2.45, 2.75) is 58.2 Å². The quantitative estimate of drug-likeness (QED) is 0.263. The summed E-state index contributed by atoms with van der Waals surface area (Å²) in [6.45, 7) is 13.8. The molecule has 0 heterocycles. The summed E-state index contributed by atoms with van der Waals surface area (Å²) in [4.78, 5) is 0. The van der Waals surface area contributed by atoms with Crippen molar-refractivity contribution in [3.8, 4) is 11.5 Å². The van der Waals surface area contributed by atoms with Crippen molar-refractivity contribution in [1.29, 1.82) is 0 Å². The molecule has 166 valence electrons. The zero-order chi connectivity index (χ0) is 23.8. The predicted molar refractivity (Wildman–Crippen MR) is 143 cm³/mol. The molecule has 0 radical (unpaired) electrons. The molecule has 8 heteroatoms. The third-order valence-corrected chi connectivity index (χ3v) is 12.7. The van der Waals surface area contributed by atoms with E-state index in [1.54, 1.807) is 24.3 Å². The Kier molecular flexibility index (Phi) is 11.6. The molecule has 0 fully saturated rings. The van der Waals surface area contributed by atoms with Crippen LogP contribution in [0, 0.1) is 15.0 Å². The molecule has 0 aromatic heterocycles. The first-order valence-corrected chi connectivity index (χ1v) is 13.8. The van der Waals surface area contributed by atoms with E-state index in [4.69, 9.17) is 20.1 Å². The van der Waals surface area contributed by atoms with Crippen molar-refractivity contribution in [2.24, 2.45) is 0 Å². The normalized spacial score (nSPS) is 11.0. The van der Waals surface area contributed by atoms with Crippen LogP contribution in [0.2, 0.25) is 16.6 Å². The maximum atomic E-state index is 9.12. The topological polar surface area (TPSA) is 80.9 Å². The highest BCUT2D eigenvalue weighted by Crippen LogP contribution is 2.40. The van der Waals surface area contributed by atoms with Crippen molar-refractivity contribution >= 4 is 55.8 Å². The molecule has 0 saturated carbocycles. The van der Waals surface area contributed by atoms with E-state index in [9.17, 15) is 0 Å². The lowest BCUT2D eigenvalue weighted by Crippen LogP contribution is -2.43. The van der Waals surface area contributed by atoms with Crippen molar-refractivity contribution in [1.82, 2.24) is 0 Å². The Morgan fingerprint density at radius 3 is 1.35 bits per heavy atom. The second-order valence-electron chi connectivity index (χ2n) is 8.57. The first-order chi connectivity index (χ1) is 14.4. The Balaban J connectivity index is 0.000000399. The minimum atomic E-state index is -1.71. The molecule has 31 heavy (non-hydrogen) atoms. The number of benzene rings is 2. The maximum absolute atomic E-state index is 9.12. The van der Waals surface area contributed by atoms with Gasteiger partial charge in [-0.3, -0.25) is 0 Å². The second-order valence-corrected chi connectivity index (χ2v) is 15.4. The van der Waals surface area contributed by atoms with Gasteiger partial charge in [0.15, 0.2) is 0 Å². The highest BCUT2D eigenvalue weighted by atomic mass is 127. The molecule has 4 N–H and O–H groups in total.